The Kier molecular flexibility index (Phi) is 14.8. The number of hydrogen-bond donors (Lipinski definition) is 2. The Morgan fingerprint density at radius 3 is 2.29 bits per heavy atom. The third-order valence-electron chi connectivity index (χ3n) is 8.93. The molecule has 0 amide bonds. The molecule has 0 aliphatic carbocycles. The van der Waals surface area contributed by atoms with Crippen LogP contribution in [0.5, 0.6) is 0 Å². The molecule has 1 unspecified atom stereocenters. The van der Waals surface area contributed by atoms with Crippen LogP contribution in [0.3, 0.4) is 0 Å². The van der Waals surface area contributed by atoms with Crippen molar-refractivity contribution in [3.63, 3.8) is 0 Å². The van der Waals surface area contributed by atoms with Gasteiger partial charge in [-0.15, -0.1) is 0 Å². The molecule has 242 valence electrons. The van der Waals surface area contributed by atoms with Crippen LogP contribution in [-0.4, -0.2) is 109 Å². The zero-order valence-corrected chi connectivity index (χ0v) is 27.7. The van der Waals surface area contributed by atoms with Gasteiger partial charge in [0.25, 0.3) is 0 Å². The van der Waals surface area contributed by atoms with E-state index < -0.39 is 36.5 Å². The zero-order chi connectivity index (χ0) is 31.7. The Balaban J connectivity index is 2.52. The number of ether oxygens (including phenoxy) is 3. The molecule has 0 aromatic heterocycles. The standard InChI is InChI=1S/C33H58N2O7/c1-11-29-22(4)16-20(2)12-13-27(36)21(3)17-25(14-15-34(7)8)32(24(6)28(37)19-30(38)41-29)42-33-31(39)26(35(9)10)18-23(5)40-33/h12-13,16,21-26,28-29,31-33,37,39H,11,14-15,17-19H2,1-10H3/b13-12+,20-16+/t21-,22+,23-,24+,25+,26+,28?,29-,31-,32-,33+/m1/s1. The van der Waals surface area contributed by atoms with Crippen molar-refractivity contribution in [2.24, 2.45) is 23.7 Å². The number of carbonyl (C=O) groups excluding carboxylic acids is 2. The topological polar surface area (TPSA) is 109 Å². The van der Waals surface area contributed by atoms with Gasteiger partial charge < -0.3 is 34.2 Å². The number of likely N-dealkylation sites (N-methyl/N-ethyl adjacent to an activating group) is 1. The molecule has 2 rings (SSSR count). The molecule has 9 nitrogen and oxygen atoms in total. The fraction of sp³-hybridized carbons (Fsp3) is 0.818. The van der Waals surface area contributed by atoms with Crippen LogP contribution in [0.25, 0.3) is 0 Å². The van der Waals surface area contributed by atoms with Crippen molar-refractivity contribution < 1.29 is 34.0 Å². The summed E-state index contributed by atoms with van der Waals surface area (Å²) < 4.78 is 18.6. The molecule has 0 aromatic carbocycles. The van der Waals surface area contributed by atoms with Gasteiger partial charge in [0.15, 0.2) is 12.1 Å². The Morgan fingerprint density at radius 1 is 1.02 bits per heavy atom. The van der Waals surface area contributed by atoms with E-state index in [1.807, 2.05) is 86.8 Å². The predicted molar refractivity (Wildman–Crippen MR) is 165 cm³/mol. The average molecular weight is 595 g/mol. The van der Waals surface area contributed by atoms with Gasteiger partial charge in [-0.3, -0.25) is 9.59 Å². The summed E-state index contributed by atoms with van der Waals surface area (Å²) >= 11 is 0. The second kappa shape index (κ2) is 17.0. The van der Waals surface area contributed by atoms with E-state index in [4.69, 9.17) is 14.2 Å². The highest BCUT2D eigenvalue weighted by Crippen LogP contribution is 2.34. The van der Waals surface area contributed by atoms with Crippen molar-refractivity contribution in [2.45, 2.75) is 116 Å². The molecule has 2 heterocycles. The summed E-state index contributed by atoms with van der Waals surface area (Å²) in [6, 6.07) is -0.157. The molecule has 42 heavy (non-hydrogen) atoms. The molecular formula is C33H58N2O7. The first kappa shape index (κ1) is 36.6. The molecule has 2 N–H and O–H groups in total. The summed E-state index contributed by atoms with van der Waals surface area (Å²) in [6.45, 7) is 12.4. The number of allylic oxidation sites excluding steroid dienone is 3. The zero-order valence-electron chi connectivity index (χ0n) is 27.7. The maximum atomic E-state index is 13.3. The van der Waals surface area contributed by atoms with Crippen LogP contribution in [0.4, 0.5) is 0 Å². The van der Waals surface area contributed by atoms with E-state index in [2.05, 4.69) is 4.90 Å². The largest absolute Gasteiger partial charge is 0.462 e. The molecule has 0 spiro atoms. The number of aliphatic hydroxyl groups is 2. The van der Waals surface area contributed by atoms with Gasteiger partial charge in [-0.1, -0.05) is 45.4 Å². The van der Waals surface area contributed by atoms with Crippen molar-refractivity contribution >= 4 is 11.8 Å². The second-order valence-corrected chi connectivity index (χ2v) is 13.2. The van der Waals surface area contributed by atoms with Gasteiger partial charge >= 0.3 is 5.97 Å². The van der Waals surface area contributed by atoms with Gasteiger partial charge in [-0.25, -0.2) is 0 Å². The number of ketones is 1. The van der Waals surface area contributed by atoms with E-state index >= 15 is 0 Å². The summed E-state index contributed by atoms with van der Waals surface area (Å²) in [5.74, 6) is -1.43. The molecular weight excluding hydrogens is 536 g/mol. The molecule has 9 heteroatoms. The normalized spacial score (nSPS) is 40.0. The minimum absolute atomic E-state index is 0.0259. The smallest absolute Gasteiger partial charge is 0.308 e. The lowest BCUT2D eigenvalue weighted by molar-refractivity contribution is -0.283. The molecule has 2 aliphatic heterocycles. The van der Waals surface area contributed by atoms with Crippen molar-refractivity contribution in [3.8, 4) is 0 Å². The van der Waals surface area contributed by atoms with Gasteiger partial charge in [0, 0.05) is 23.8 Å². The van der Waals surface area contributed by atoms with Crippen LogP contribution in [0.15, 0.2) is 23.8 Å². The Hall–Kier alpha value is -1.62. The molecule has 0 saturated carbocycles. The fourth-order valence-corrected chi connectivity index (χ4v) is 6.19. The van der Waals surface area contributed by atoms with Crippen molar-refractivity contribution in [1.29, 1.82) is 0 Å². The molecule has 11 atom stereocenters. The van der Waals surface area contributed by atoms with Crippen LogP contribution in [0.2, 0.25) is 0 Å². The Labute approximate surface area is 254 Å². The monoisotopic (exact) mass is 594 g/mol. The fourth-order valence-electron chi connectivity index (χ4n) is 6.19. The summed E-state index contributed by atoms with van der Waals surface area (Å²) in [4.78, 5) is 30.4. The highest BCUT2D eigenvalue weighted by atomic mass is 16.7. The summed E-state index contributed by atoms with van der Waals surface area (Å²) in [6.07, 6.45) is 3.89. The average Bonchev–Trinajstić information content (AvgIpc) is 2.91. The van der Waals surface area contributed by atoms with Gasteiger partial charge in [0.1, 0.15) is 12.2 Å². The number of cyclic esters (lactones) is 1. The van der Waals surface area contributed by atoms with Crippen LogP contribution in [0.1, 0.15) is 73.6 Å². The molecule has 1 saturated heterocycles. The first-order valence-electron chi connectivity index (χ1n) is 15.7. The van der Waals surface area contributed by atoms with Crippen LogP contribution in [-0.2, 0) is 23.8 Å². The minimum Gasteiger partial charge on any atom is -0.462 e. The molecule has 0 aromatic rings. The number of nitrogens with zero attached hydrogens (tertiary/aromatic N) is 2. The summed E-state index contributed by atoms with van der Waals surface area (Å²) in [5, 5.41) is 22.7. The van der Waals surface area contributed by atoms with Gasteiger partial charge in [-0.2, -0.15) is 0 Å². The van der Waals surface area contributed by atoms with E-state index in [0.29, 0.717) is 25.7 Å². The molecule has 1 fully saturated rings. The van der Waals surface area contributed by atoms with Crippen molar-refractivity contribution in [1.82, 2.24) is 9.80 Å². The van der Waals surface area contributed by atoms with Crippen LogP contribution >= 0.6 is 0 Å². The van der Waals surface area contributed by atoms with E-state index in [9.17, 15) is 19.8 Å². The van der Waals surface area contributed by atoms with Crippen LogP contribution < -0.4 is 0 Å². The highest BCUT2D eigenvalue weighted by Gasteiger charge is 2.43. The van der Waals surface area contributed by atoms with Crippen LogP contribution in [0, 0.1) is 23.7 Å². The van der Waals surface area contributed by atoms with Gasteiger partial charge in [0.2, 0.25) is 0 Å². The molecule has 0 radical (unpaired) electrons. The summed E-state index contributed by atoms with van der Waals surface area (Å²) in [5.41, 5.74) is 0.927. The highest BCUT2D eigenvalue weighted by molar-refractivity contribution is 5.91. The second-order valence-electron chi connectivity index (χ2n) is 13.2. The minimum atomic E-state index is -1.05. The quantitative estimate of drug-likeness (QED) is 0.425. The third kappa shape index (κ3) is 10.8. The number of carbonyl (C=O) groups is 2. The Bertz CT molecular complexity index is 920. The van der Waals surface area contributed by atoms with E-state index in [0.717, 1.165) is 12.1 Å². The van der Waals surface area contributed by atoms with Crippen molar-refractivity contribution in [3.05, 3.63) is 23.8 Å². The van der Waals surface area contributed by atoms with E-state index in [1.165, 1.54) is 0 Å². The van der Waals surface area contributed by atoms with Gasteiger partial charge in [-0.05, 0) is 86.3 Å². The van der Waals surface area contributed by atoms with E-state index in [-0.39, 0.29) is 48.2 Å². The lowest BCUT2D eigenvalue weighted by atomic mass is 9.79. The number of rotatable bonds is 7. The number of esters is 1. The SMILES string of the molecule is CC[C@H]1OC(=O)CC(O)[C@H](C)[C@@H](O[C@@H]2O[C@H](C)C[C@H](N(C)C)[C@H]2O)[C@@H](CCN(C)C)C[C@@H](C)C(=O)/C=C/C(C)=C/[C@@H]1C. The molecule has 2 aliphatic rings. The lowest BCUT2D eigenvalue weighted by Crippen LogP contribution is -2.56. The molecule has 0 bridgehead atoms. The predicted octanol–water partition coefficient (Wildman–Crippen LogP) is 3.82. The Morgan fingerprint density at radius 2 is 1.69 bits per heavy atom. The number of hydrogen-bond acceptors (Lipinski definition) is 9. The maximum Gasteiger partial charge on any atom is 0.308 e. The first-order valence-corrected chi connectivity index (χ1v) is 15.7. The number of aliphatic hydroxyl groups excluding tert-OH is 2. The summed E-state index contributed by atoms with van der Waals surface area (Å²) in [7, 11) is 7.84. The first-order chi connectivity index (χ1) is 19.6. The maximum absolute atomic E-state index is 13.3. The lowest BCUT2D eigenvalue weighted by Gasteiger charge is -2.44. The van der Waals surface area contributed by atoms with E-state index in [1.54, 1.807) is 6.08 Å². The van der Waals surface area contributed by atoms with Crippen molar-refractivity contribution in [2.75, 3.05) is 34.7 Å². The van der Waals surface area contributed by atoms with Gasteiger partial charge in [0.05, 0.1) is 24.7 Å². The third-order valence-corrected chi connectivity index (χ3v) is 8.93.